The van der Waals surface area contributed by atoms with Crippen LogP contribution in [0.1, 0.15) is 46.5 Å². The molecule has 0 saturated carbocycles. The van der Waals surface area contributed by atoms with Gasteiger partial charge in [-0.15, -0.1) is 0 Å². The molecule has 0 aromatic carbocycles. The van der Waals surface area contributed by atoms with Crippen LogP contribution in [0.4, 0.5) is 4.79 Å². The van der Waals surface area contributed by atoms with Crippen LogP contribution in [0.25, 0.3) is 0 Å². The fourth-order valence-corrected chi connectivity index (χ4v) is 3.63. The number of hydrogen-bond donors (Lipinski definition) is 2. The summed E-state index contributed by atoms with van der Waals surface area (Å²) in [7, 11) is 0. The standard InChI is InChI=1S/C18H31N3O4/c1-13(2)10-19-17(25)20-8-4-6-14(11-20)15(22)21-9-5-7-18(3,12-21)16(23)24/h13-14H,4-12H2,1-3H3,(H,19,25)(H,23,24). The molecule has 2 unspecified atom stereocenters. The van der Waals surface area contributed by atoms with Gasteiger partial charge in [0.05, 0.1) is 11.3 Å². The van der Waals surface area contributed by atoms with Crippen molar-refractivity contribution in [2.75, 3.05) is 32.7 Å². The molecule has 2 heterocycles. The largest absolute Gasteiger partial charge is 0.481 e. The molecule has 7 heteroatoms. The van der Waals surface area contributed by atoms with Gasteiger partial charge in [-0.25, -0.2) is 4.79 Å². The Bertz CT molecular complexity index is 522. The number of likely N-dealkylation sites (tertiary alicyclic amines) is 2. The summed E-state index contributed by atoms with van der Waals surface area (Å²) in [5.41, 5.74) is -0.864. The smallest absolute Gasteiger partial charge is 0.317 e. The van der Waals surface area contributed by atoms with Gasteiger partial charge in [-0.3, -0.25) is 9.59 Å². The number of amides is 3. The number of carbonyl (C=O) groups excluding carboxylic acids is 2. The Kier molecular flexibility index (Phi) is 6.30. The highest BCUT2D eigenvalue weighted by Gasteiger charge is 2.41. The zero-order chi connectivity index (χ0) is 18.6. The van der Waals surface area contributed by atoms with E-state index in [4.69, 9.17) is 0 Å². The molecule has 2 atom stereocenters. The summed E-state index contributed by atoms with van der Waals surface area (Å²) in [5.74, 6) is -0.695. The van der Waals surface area contributed by atoms with E-state index in [1.165, 1.54) is 0 Å². The molecular formula is C18H31N3O4. The summed E-state index contributed by atoms with van der Waals surface area (Å²) < 4.78 is 0. The maximum absolute atomic E-state index is 12.9. The number of carboxylic acid groups (broad SMARTS) is 1. The molecule has 0 aromatic rings. The third kappa shape index (κ3) is 4.86. The molecule has 2 saturated heterocycles. The van der Waals surface area contributed by atoms with E-state index in [2.05, 4.69) is 5.32 Å². The van der Waals surface area contributed by atoms with Gasteiger partial charge in [0.15, 0.2) is 0 Å². The molecule has 3 amide bonds. The van der Waals surface area contributed by atoms with Gasteiger partial charge in [-0.05, 0) is 38.5 Å². The molecule has 142 valence electrons. The zero-order valence-corrected chi connectivity index (χ0v) is 15.6. The normalized spacial score (nSPS) is 27.3. The topological polar surface area (TPSA) is 90.0 Å². The molecule has 2 fully saturated rings. The lowest BCUT2D eigenvalue weighted by atomic mass is 9.81. The van der Waals surface area contributed by atoms with Gasteiger partial charge < -0.3 is 20.2 Å². The number of rotatable bonds is 4. The minimum Gasteiger partial charge on any atom is -0.481 e. The van der Waals surface area contributed by atoms with E-state index in [1.54, 1.807) is 16.7 Å². The summed E-state index contributed by atoms with van der Waals surface area (Å²) >= 11 is 0. The van der Waals surface area contributed by atoms with E-state index in [1.807, 2.05) is 13.8 Å². The van der Waals surface area contributed by atoms with Crippen LogP contribution >= 0.6 is 0 Å². The van der Waals surface area contributed by atoms with Gasteiger partial charge in [-0.1, -0.05) is 13.8 Å². The lowest BCUT2D eigenvalue weighted by Gasteiger charge is -2.41. The van der Waals surface area contributed by atoms with Crippen LogP contribution in [-0.2, 0) is 9.59 Å². The van der Waals surface area contributed by atoms with E-state index in [9.17, 15) is 19.5 Å². The van der Waals surface area contributed by atoms with Crippen molar-refractivity contribution in [3.63, 3.8) is 0 Å². The van der Waals surface area contributed by atoms with E-state index < -0.39 is 11.4 Å². The fraction of sp³-hybridized carbons (Fsp3) is 0.833. The van der Waals surface area contributed by atoms with Crippen molar-refractivity contribution in [2.24, 2.45) is 17.3 Å². The maximum Gasteiger partial charge on any atom is 0.317 e. The molecule has 2 rings (SSSR count). The quantitative estimate of drug-likeness (QED) is 0.806. The van der Waals surface area contributed by atoms with E-state index in [-0.39, 0.29) is 24.4 Å². The highest BCUT2D eigenvalue weighted by atomic mass is 16.4. The molecule has 2 aliphatic heterocycles. The Balaban J connectivity index is 1.95. The number of piperidine rings is 2. The highest BCUT2D eigenvalue weighted by molar-refractivity contribution is 5.82. The lowest BCUT2D eigenvalue weighted by Crippen LogP contribution is -2.53. The van der Waals surface area contributed by atoms with Crippen molar-refractivity contribution >= 4 is 17.9 Å². The molecule has 25 heavy (non-hydrogen) atoms. The molecule has 2 aliphatic rings. The average Bonchev–Trinajstić information content (AvgIpc) is 2.59. The first-order chi connectivity index (χ1) is 11.7. The van der Waals surface area contributed by atoms with Crippen molar-refractivity contribution in [2.45, 2.75) is 46.5 Å². The predicted molar refractivity (Wildman–Crippen MR) is 94.1 cm³/mol. The van der Waals surface area contributed by atoms with E-state index in [0.717, 1.165) is 12.8 Å². The maximum atomic E-state index is 12.9. The Morgan fingerprint density at radius 1 is 1.20 bits per heavy atom. The van der Waals surface area contributed by atoms with Gasteiger partial charge in [0.1, 0.15) is 0 Å². The number of carboxylic acids is 1. The van der Waals surface area contributed by atoms with Gasteiger partial charge in [0, 0.05) is 32.7 Å². The van der Waals surface area contributed by atoms with Crippen molar-refractivity contribution in [3.05, 3.63) is 0 Å². The number of hydrogen-bond acceptors (Lipinski definition) is 3. The van der Waals surface area contributed by atoms with Crippen LogP contribution in [-0.4, -0.2) is 65.5 Å². The van der Waals surface area contributed by atoms with Crippen LogP contribution in [0.3, 0.4) is 0 Å². The summed E-state index contributed by atoms with van der Waals surface area (Å²) in [5, 5.41) is 12.3. The molecule has 0 bridgehead atoms. The number of nitrogens with zero attached hydrogens (tertiary/aromatic N) is 2. The molecule has 2 N–H and O–H groups in total. The first-order valence-corrected chi connectivity index (χ1v) is 9.28. The van der Waals surface area contributed by atoms with E-state index in [0.29, 0.717) is 44.9 Å². The van der Waals surface area contributed by atoms with Crippen LogP contribution < -0.4 is 5.32 Å². The molecular weight excluding hydrogens is 322 g/mol. The first kappa shape index (κ1) is 19.5. The van der Waals surface area contributed by atoms with Gasteiger partial charge in [0.2, 0.25) is 5.91 Å². The average molecular weight is 353 g/mol. The van der Waals surface area contributed by atoms with Crippen LogP contribution in [0.15, 0.2) is 0 Å². The molecule has 0 aromatic heterocycles. The minimum absolute atomic E-state index is 0.00599. The Labute approximate surface area is 149 Å². The number of aliphatic carboxylic acids is 1. The monoisotopic (exact) mass is 353 g/mol. The predicted octanol–water partition coefficient (Wildman–Crippen LogP) is 1.78. The second kappa shape index (κ2) is 8.06. The van der Waals surface area contributed by atoms with Gasteiger partial charge in [0.25, 0.3) is 0 Å². The van der Waals surface area contributed by atoms with Crippen molar-refractivity contribution in [1.29, 1.82) is 0 Å². The third-order valence-electron chi connectivity index (χ3n) is 5.24. The summed E-state index contributed by atoms with van der Waals surface area (Å²) in [6.07, 6.45) is 2.86. The number of nitrogens with one attached hydrogen (secondary N) is 1. The second-order valence-electron chi connectivity index (χ2n) is 8.09. The number of urea groups is 1. The molecule has 0 radical (unpaired) electrons. The van der Waals surface area contributed by atoms with Crippen LogP contribution in [0.2, 0.25) is 0 Å². The van der Waals surface area contributed by atoms with Gasteiger partial charge in [-0.2, -0.15) is 0 Å². The lowest BCUT2D eigenvalue weighted by molar-refractivity contribution is -0.154. The Hall–Kier alpha value is -1.79. The summed E-state index contributed by atoms with van der Waals surface area (Å²) in [6.45, 7) is 8.37. The van der Waals surface area contributed by atoms with E-state index >= 15 is 0 Å². The van der Waals surface area contributed by atoms with Crippen molar-refractivity contribution in [1.82, 2.24) is 15.1 Å². The third-order valence-corrected chi connectivity index (χ3v) is 5.24. The first-order valence-electron chi connectivity index (χ1n) is 9.28. The number of carbonyl (C=O) groups is 3. The Morgan fingerprint density at radius 2 is 1.88 bits per heavy atom. The second-order valence-corrected chi connectivity index (χ2v) is 8.09. The Morgan fingerprint density at radius 3 is 2.52 bits per heavy atom. The molecule has 0 aliphatic carbocycles. The van der Waals surface area contributed by atoms with Crippen LogP contribution in [0, 0.1) is 17.3 Å². The van der Waals surface area contributed by atoms with Crippen LogP contribution in [0.5, 0.6) is 0 Å². The minimum atomic E-state index is -0.864. The SMILES string of the molecule is CC(C)CNC(=O)N1CCCC(C(=O)N2CCCC(C)(C(=O)O)C2)C1. The van der Waals surface area contributed by atoms with Crippen molar-refractivity contribution in [3.8, 4) is 0 Å². The molecule has 7 nitrogen and oxygen atoms in total. The summed E-state index contributed by atoms with van der Waals surface area (Å²) in [4.78, 5) is 40.0. The summed E-state index contributed by atoms with van der Waals surface area (Å²) in [6, 6.07) is -0.111. The highest BCUT2D eigenvalue weighted by Crippen LogP contribution is 2.31. The molecule has 0 spiro atoms. The van der Waals surface area contributed by atoms with Gasteiger partial charge >= 0.3 is 12.0 Å². The van der Waals surface area contributed by atoms with Crippen molar-refractivity contribution < 1.29 is 19.5 Å². The fourth-order valence-electron chi connectivity index (χ4n) is 3.63. The zero-order valence-electron chi connectivity index (χ0n) is 15.6.